The molecule has 1 amide bonds. The lowest BCUT2D eigenvalue weighted by molar-refractivity contribution is -0.0355. The van der Waals surface area contributed by atoms with Gasteiger partial charge in [-0.25, -0.2) is 18.8 Å². The topological polar surface area (TPSA) is 189 Å². The van der Waals surface area contributed by atoms with Crippen LogP contribution in [-0.2, 0) is 9.47 Å². The maximum atomic E-state index is 14.1. The molecule has 1 aliphatic heterocycles. The van der Waals surface area contributed by atoms with Gasteiger partial charge in [0, 0.05) is 6.20 Å². The minimum Gasteiger partial charge on any atom is -0.449 e. The van der Waals surface area contributed by atoms with Gasteiger partial charge in [0.05, 0.1) is 18.9 Å². The molecule has 0 saturated carbocycles. The molecular weight excluding hydrogens is 469 g/mol. The van der Waals surface area contributed by atoms with Crippen molar-refractivity contribution in [2.75, 3.05) is 11.9 Å². The Morgan fingerprint density at radius 3 is 2.63 bits per heavy atom. The Morgan fingerprint density at radius 2 is 2.06 bits per heavy atom. The zero-order valence-corrected chi connectivity index (χ0v) is 19.0. The highest BCUT2D eigenvalue weighted by atomic mass is 19.1. The number of aromatic amines is 2. The molecule has 13 nitrogen and oxygen atoms in total. The number of aromatic nitrogens is 4. The van der Waals surface area contributed by atoms with Crippen molar-refractivity contribution in [3.05, 3.63) is 55.1 Å². The third-order valence-electron chi connectivity index (χ3n) is 4.83. The van der Waals surface area contributed by atoms with Gasteiger partial charge in [-0.15, -0.1) is 6.42 Å². The zero-order valence-electron chi connectivity index (χ0n) is 19.0. The number of hydrogen-bond donors (Lipinski definition) is 5. The van der Waals surface area contributed by atoms with Crippen LogP contribution in [0.2, 0.25) is 0 Å². The molecule has 0 aliphatic carbocycles. The first kappa shape index (κ1) is 27.4. The molecule has 14 heteroatoms. The lowest BCUT2D eigenvalue weighted by Gasteiger charge is -2.17. The molecule has 5 N–H and O–H groups in total. The molecule has 0 spiro atoms. The van der Waals surface area contributed by atoms with E-state index in [0.717, 1.165) is 23.6 Å². The van der Waals surface area contributed by atoms with Crippen molar-refractivity contribution in [3.63, 3.8) is 0 Å². The summed E-state index contributed by atoms with van der Waals surface area (Å²) in [5, 5.41) is 21.6. The van der Waals surface area contributed by atoms with Crippen LogP contribution in [0.3, 0.4) is 0 Å². The van der Waals surface area contributed by atoms with Gasteiger partial charge in [-0.05, 0) is 13.3 Å². The molecule has 0 bridgehead atoms. The maximum absolute atomic E-state index is 14.1. The van der Waals surface area contributed by atoms with Crippen molar-refractivity contribution in [3.8, 4) is 12.3 Å². The van der Waals surface area contributed by atoms with E-state index in [1.54, 1.807) is 0 Å². The van der Waals surface area contributed by atoms with Gasteiger partial charge < -0.3 is 24.7 Å². The number of halogens is 1. The number of anilines is 1. The van der Waals surface area contributed by atoms with E-state index >= 15 is 0 Å². The summed E-state index contributed by atoms with van der Waals surface area (Å²) in [5.41, 5.74) is -1.91. The van der Waals surface area contributed by atoms with E-state index in [4.69, 9.17) is 15.9 Å². The smallest absolute Gasteiger partial charge is 0.412 e. The third-order valence-corrected chi connectivity index (χ3v) is 4.83. The van der Waals surface area contributed by atoms with Gasteiger partial charge in [0.15, 0.2) is 17.9 Å². The Labute approximate surface area is 197 Å². The van der Waals surface area contributed by atoms with Gasteiger partial charge in [-0.1, -0.05) is 25.7 Å². The highest BCUT2D eigenvalue weighted by Gasteiger charge is 2.42. The Kier molecular flexibility index (Phi) is 9.88. The summed E-state index contributed by atoms with van der Waals surface area (Å²) >= 11 is 0. The summed E-state index contributed by atoms with van der Waals surface area (Å²) < 4.78 is 24.9. The van der Waals surface area contributed by atoms with Crippen LogP contribution in [-0.4, -0.2) is 60.7 Å². The monoisotopic (exact) mass is 495 g/mol. The van der Waals surface area contributed by atoms with E-state index in [1.807, 2.05) is 11.9 Å². The van der Waals surface area contributed by atoms with E-state index in [9.17, 15) is 33.8 Å². The van der Waals surface area contributed by atoms with Gasteiger partial charge in [0.25, 0.3) is 5.56 Å². The Bertz CT molecular complexity index is 1230. The average Bonchev–Trinajstić information content (AvgIpc) is 3.06. The Balaban J connectivity index is 0.000000360. The standard InChI is InChI=1S/C15H22FN3O6.C6H4N2O2/c1-3-4-5-6-24-15(23)18-12-9(16)7-19(14(22)17-12)13-11(21)10(20)8(2)25-13;1-2-4-3-7-6(10)8-5(4)9/h7-8,10-11,13,20-21H,3-6H2,1-2H3,(H,17,18,22,23);1,3H,(H2,7,8,9,10)/t8-,10-,11-,13-;/m1./s1. The fraction of sp³-hybridized carbons (Fsp3) is 0.476. The highest BCUT2D eigenvalue weighted by Crippen LogP contribution is 2.28. The molecule has 2 aromatic heterocycles. The molecule has 1 fully saturated rings. The minimum atomic E-state index is -1.41. The van der Waals surface area contributed by atoms with Crippen LogP contribution in [0.5, 0.6) is 0 Å². The van der Waals surface area contributed by atoms with Crippen LogP contribution in [0.25, 0.3) is 0 Å². The van der Waals surface area contributed by atoms with E-state index in [2.05, 4.69) is 21.2 Å². The number of nitrogens with one attached hydrogen (secondary N) is 3. The minimum absolute atomic E-state index is 0.125. The molecule has 0 aromatic carbocycles. The number of carbonyl (C=O) groups excluding carboxylic acids is 1. The first-order valence-electron chi connectivity index (χ1n) is 10.6. The number of rotatable bonds is 6. The van der Waals surface area contributed by atoms with Gasteiger partial charge in [0.1, 0.15) is 17.8 Å². The summed E-state index contributed by atoms with van der Waals surface area (Å²) in [6.07, 6.45) is 3.85. The lowest BCUT2D eigenvalue weighted by atomic mass is 10.1. The molecule has 0 radical (unpaired) electrons. The first-order chi connectivity index (χ1) is 16.6. The van der Waals surface area contributed by atoms with E-state index in [0.29, 0.717) is 6.42 Å². The highest BCUT2D eigenvalue weighted by molar-refractivity contribution is 5.83. The van der Waals surface area contributed by atoms with Crippen molar-refractivity contribution in [1.82, 2.24) is 19.5 Å². The molecule has 3 heterocycles. The van der Waals surface area contributed by atoms with Crippen LogP contribution in [0, 0.1) is 18.2 Å². The lowest BCUT2D eigenvalue weighted by Crippen LogP contribution is -2.36. The molecule has 0 unspecified atom stereocenters. The molecule has 1 saturated heterocycles. The molecule has 35 heavy (non-hydrogen) atoms. The largest absolute Gasteiger partial charge is 0.449 e. The van der Waals surface area contributed by atoms with Crippen LogP contribution in [0.15, 0.2) is 26.8 Å². The Morgan fingerprint density at radius 1 is 1.34 bits per heavy atom. The summed E-state index contributed by atoms with van der Waals surface area (Å²) in [5.74, 6) is 0.523. The second-order valence-electron chi connectivity index (χ2n) is 7.44. The first-order valence-corrected chi connectivity index (χ1v) is 10.6. The maximum Gasteiger partial charge on any atom is 0.412 e. The number of H-pyrrole nitrogens is 2. The molecule has 1 aliphatic rings. The van der Waals surface area contributed by atoms with Gasteiger partial charge >= 0.3 is 17.5 Å². The van der Waals surface area contributed by atoms with Gasteiger partial charge in [-0.2, -0.15) is 4.98 Å². The Hall–Kier alpha value is -3.80. The second kappa shape index (κ2) is 12.6. The van der Waals surface area contributed by atoms with Crippen molar-refractivity contribution in [2.24, 2.45) is 0 Å². The summed E-state index contributed by atoms with van der Waals surface area (Å²) in [4.78, 5) is 52.3. The van der Waals surface area contributed by atoms with Crippen molar-refractivity contribution >= 4 is 11.9 Å². The van der Waals surface area contributed by atoms with Crippen LogP contribution < -0.4 is 22.3 Å². The van der Waals surface area contributed by atoms with Crippen molar-refractivity contribution in [1.29, 1.82) is 0 Å². The van der Waals surface area contributed by atoms with E-state index < -0.39 is 59.2 Å². The third kappa shape index (κ3) is 7.34. The predicted molar refractivity (Wildman–Crippen MR) is 120 cm³/mol. The van der Waals surface area contributed by atoms with Crippen LogP contribution in [0.4, 0.5) is 15.0 Å². The average molecular weight is 495 g/mol. The van der Waals surface area contributed by atoms with Crippen LogP contribution >= 0.6 is 0 Å². The number of aliphatic hydroxyl groups excluding tert-OH is 2. The number of nitrogens with zero attached hydrogens (tertiary/aromatic N) is 2. The van der Waals surface area contributed by atoms with Crippen molar-refractivity contribution in [2.45, 2.75) is 57.6 Å². The molecule has 3 rings (SSSR count). The fourth-order valence-electron chi connectivity index (χ4n) is 2.94. The fourth-order valence-corrected chi connectivity index (χ4v) is 2.94. The van der Waals surface area contributed by atoms with Gasteiger partial charge in [-0.3, -0.25) is 19.7 Å². The number of ether oxygens (including phenoxy) is 2. The van der Waals surface area contributed by atoms with Gasteiger partial charge in [0.2, 0.25) is 0 Å². The number of hydrogen-bond acceptors (Lipinski definition) is 9. The molecule has 4 atom stereocenters. The zero-order chi connectivity index (χ0) is 26.1. The van der Waals surface area contributed by atoms with E-state index in [-0.39, 0.29) is 12.2 Å². The SMILES string of the molecule is C#Cc1c[nH]c(=O)[nH]c1=O.CCCCCOC(=O)Nc1nc(=O)n([C@@H]2O[C@H](C)[C@@H](O)[C@H]2O)cc1F. The second-order valence-corrected chi connectivity index (χ2v) is 7.44. The number of carbonyl (C=O) groups is 1. The summed E-state index contributed by atoms with van der Waals surface area (Å²) in [7, 11) is 0. The van der Waals surface area contributed by atoms with Crippen LogP contribution in [0.1, 0.15) is 44.9 Å². The summed E-state index contributed by atoms with van der Waals surface area (Å²) in [6, 6.07) is 0. The number of terminal acetylenes is 1. The predicted octanol–water partition coefficient (Wildman–Crippen LogP) is -0.195. The van der Waals surface area contributed by atoms with E-state index in [1.165, 1.54) is 13.1 Å². The molecule has 190 valence electrons. The molecular formula is C21H26FN5O8. The number of amides is 1. The molecule has 2 aromatic rings. The number of unbranched alkanes of at least 4 members (excludes halogenated alkanes) is 2. The number of aliphatic hydroxyl groups is 2. The normalized spacial score (nSPS) is 20.9. The quantitative estimate of drug-likeness (QED) is 0.267. The summed E-state index contributed by atoms with van der Waals surface area (Å²) in [6.45, 7) is 3.68. The van der Waals surface area contributed by atoms with Crippen molar-refractivity contribution < 1.29 is 28.9 Å².